The number of halogens is 7. The third-order valence-corrected chi connectivity index (χ3v) is 3.08. The van der Waals surface area contributed by atoms with Crippen LogP contribution in [0.2, 0.25) is 0 Å². The Bertz CT molecular complexity index is 419. The first-order valence-electron chi connectivity index (χ1n) is 5.44. The van der Waals surface area contributed by atoms with E-state index < -0.39 is 31.3 Å². The summed E-state index contributed by atoms with van der Waals surface area (Å²) in [4.78, 5) is 22.5. The number of alkyl halides is 6. The van der Waals surface area contributed by atoms with E-state index in [-0.39, 0.29) is 13.0 Å². The summed E-state index contributed by atoms with van der Waals surface area (Å²) in [5.41, 5.74) is 0. The number of rotatable bonds is 5. The van der Waals surface area contributed by atoms with Gasteiger partial charge in [0.15, 0.2) is 0 Å². The Labute approximate surface area is 151 Å². The van der Waals surface area contributed by atoms with Crippen LogP contribution in [0.15, 0.2) is 11.9 Å². The Morgan fingerprint density at radius 2 is 1.57 bits per heavy atom. The second-order valence-electron chi connectivity index (χ2n) is 3.82. The molecule has 0 saturated heterocycles. The van der Waals surface area contributed by atoms with Crippen molar-refractivity contribution in [3.05, 3.63) is 11.9 Å². The van der Waals surface area contributed by atoms with Crippen molar-refractivity contribution in [3.63, 3.8) is 0 Å². The fraction of sp³-hybridized carbons (Fsp3) is 0.600. The summed E-state index contributed by atoms with van der Waals surface area (Å²) in [5.74, 6) is -2.44. The summed E-state index contributed by atoms with van der Waals surface area (Å²) in [7, 11) is 0. The highest BCUT2D eigenvalue weighted by atomic mass is 35.6. The van der Waals surface area contributed by atoms with Crippen molar-refractivity contribution in [3.8, 4) is 0 Å². The van der Waals surface area contributed by atoms with Gasteiger partial charge in [-0.1, -0.05) is 69.6 Å². The van der Waals surface area contributed by atoms with E-state index in [4.69, 9.17) is 69.6 Å². The van der Waals surface area contributed by atoms with Gasteiger partial charge in [-0.05, 0) is 19.4 Å². The van der Waals surface area contributed by atoms with E-state index >= 15 is 0 Å². The lowest BCUT2D eigenvalue weighted by Crippen LogP contribution is -2.40. The van der Waals surface area contributed by atoms with E-state index in [0.717, 1.165) is 6.08 Å². The highest BCUT2D eigenvalue weighted by Gasteiger charge is 2.32. The molecule has 0 bridgehead atoms. The maximum atomic E-state index is 13.6. The smallest absolute Gasteiger partial charge is 0.272 e. The molecule has 21 heavy (non-hydrogen) atoms. The third kappa shape index (κ3) is 9.16. The first-order valence-corrected chi connectivity index (χ1v) is 7.70. The summed E-state index contributed by atoms with van der Waals surface area (Å²) in [6.45, 7) is 1.41. The van der Waals surface area contributed by atoms with Crippen molar-refractivity contribution in [2.24, 2.45) is 0 Å². The number of carbonyl (C=O) groups is 2. The van der Waals surface area contributed by atoms with E-state index in [1.165, 1.54) is 6.92 Å². The Hall–Kier alpha value is 0.350. The maximum absolute atomic E-state index is 13.6. The zero-order valence-corrected chi connectivity index (χ0v) is 15.1. The predicted molar refractivity (Wildman–Crippen MR) is 85.0 cm³/mol. The molecular weight excluding hydrogens is 412 g/mol. The van der Waals surface area contributed by atoms with Gasteiger partial charge in [0.1, 0.15) is 5.83 Å². The van der Waals surface area contributed by atoms with Gasteiger partial charge in [0.2, 0.25) is 0 Å². The second-order valence-corrected chi connectivity index (χ2v) is 8.39. The fourth-order valence-corrected chi connectivity index (χ4v) is 1.38. The van der Waals surface area contributed by atoms with Crippen molar-refractivity contribution in [2.75, 3.05) is 6.54 Å². The Balaban J connectivity index is 4.25. The summed E-state index contributed by atoms with van der Waals surface area (Å²) < 4.78 is 9.38. The van der Waals surface area contributed by atoms with Crippen LogP contribution in [0.1, 0.15) is 13.3 Å². The Kier molecular flexibility index (Phi) is 8.99. The molecule has 0 fully saturated rings. The summed E-state index contributed by atoms with van der Waals surface area (Å²) in [5, 5.41) is 4.45. The SMILES string of the molecule is CC(NC(=O)C(Cl)(Cl)Cl)C(F)=CCCNC(=O)C(Cl)(Cl)Cl. The molecule has 2 N–H and O–H groups in total. The van der Waals surface area contributed by atoms with Crippen molar-refractivity contribution >= 4 is 81.4 Å². The Morgan fingerprint density at radius 1 is 1.10 bits per heavy atom. The maximum Gasteiger partial charge on any atom is 0.272 e. The molecule has 0 aromatic carbocycles. The standard InChI is InChI=1S/C10H11Cl6FN2O2/c1-5(19-8(21)10(14,15)16)6(17)3-2-4-18-7(20)9(11,12)13/h3,5H,2,4H2,1H3,(H,18,20)(H,19,21). The van der Waals surface area contributed by atoms with Gasteiger partial charge in [-0.2, -0.15) is 0 Å². The molecule has 4 nitrogen and oxygen atoms in total. The van der Waals surface area contributed by atoms with Crippen molar-refractivity contribution < 1.29 is 14.0 Å². The third-order valence-electron chi connectivity index (χ3n) is 2.05. The zero-order valence-electron chi connectivity index (χ0n) is 10.5. The van der Waals surface area contributed by atoms with E-state index in [2.05, 4.69) is 10.6 Å². The zero-order chi connectivity index (χ0) is 16.8. The number of amides is 2. The molecule has 0 radical (unpaired) electrons. The highest BCUT2D eigenvalue weighted by molar-refractivity contribution is 6.76. The van der Waals surface area contributed by atoms with Gasteiger partial charge >= 0.3 is 0 Å². The van der Waals surface area contributed by atoms with Crippen LogP contribution < -0.4 is 10.6 Å². The predicted octanol–water partition coefficient (Wildman–Crippen LogP) is 3.59. The molecule has 122 valence electrons. The molecule has 0 aromatic heterocycles. The first kappa shape index (κ1) is 21.4. The lowest BCUT2D eigenvalue weighted by atomic mass is 10.2. The first-order chi connectivity index (χ1) is 9.35. The highest BCUT2D eigenvalue weighted by Crippen LogP contribution is 2.26. The fourth-order valence-electron chi connectivity index (χ4n) is 1.02. The van der Waals surface area contributed by atoms with Gasteiger partial charge in [-0.25, -0.2) is 4.39 Å². The monoisotopic (exact) mass is 420 g/mol. The van der Waals surface area contributed by atoms with Crippen LogP contribution in [0.3, 0.4) is 0 Å². The lowest BCUT2D eigenvalue weighted by molar-refractivity contribution is -0.121. The minimum absolute atomic E-state index is 0.0469. The molecule has 0 heterocycles. The van der Waals surface area contributed by atoms with Crippen molar-refractivity contribution in [1.29, 1.82) is 0 Å². The largest absolute Gasteiger partial charge is 0.352 e. The average molecular weight is 423 g/mol. The molecule has 0 aliphatic carbocycles. The van der Waals surface area contributed by atoms with Crippen LogP contribution in [0.25, 0.3) is 0 Å². The van der Waals surface area contributed by atoms with Crippen LogP contribution in [0.5, 0.6) is 0 Å². The number of carbonyl (C=O) groups excluding carboxylic acids is 2. The van der Waals surface area contributed by atoms with Crippen LogP contribution in [0.4, 0.5) is 4.39 Å². The number of nitrogens with one attached hydrogen (secondary N) is 2. The van der Waals surface area contributed by atoms with Crippen LogP contribution in [-0.2, 0) is 9.59 Å². The number of hydrogen-bond acceptors (Lipinski definition) is 2. The second kappa shape index (κ2) is 8.85. The molecule has 1 unspecified atom stereocenters. The van der Waals surface area contributed by atoms with Gasteiger partial charge in [0, 0.05) is 6.54 Å². The Morgan fingerprint density at radius 3 is 2.00 bits per heavy atom. The molecule has 11 heteroatoms. The van der Waals surface area contributed by atoms with Gasteiger partial charge < -0.3 is 10.6 Å². The topological polar surface area (TPSA) is 58.2 Å². The molecule has 0 spiro atoms. The van der Waals surface area contributed by atoms with Gasteiger partial charge in [0.05, 0.1) is 6.04 Å². The van der Waals surface area contributed by atoms with Crippen molar-refractivity contribution in [2.45, 2.75) is 27.0 Å². The van der Waals surface area contributed by atoms with Gasteiger partial charge in [-0.15, -0.1) is 0 Å². The molecular formula is C10H11Cl6FN2O2. The van der Waals surface area contributed by atoms with Crippen LogP contribution in [0, 0.1) is 0 Å². The average Bonchev–Trinajstić information content (AvgIpc) is 2.31. The molecule has 0 rings (SSSR count). The normalized spacial score (nSPS) is 14.6. The van der Waals surface area contributed by atoms with E-state index in [1.54, 1.807) is 0 Å². The lowest BCUT2D eigenvalue weighted by Gasteiger charge is -2.16. The summed E-state index contributed by atoms with van der Waals surface area (Å²) in [6.07, 6.45) is 1.26. The van der Waals surface area contributed by atoms with Gasteiger partial charge in [0.25, 0.3) is 19.4 Å². The summed E-state index contributed by atoms with van der Waals surface area (Å²) in [6, 6.07) is -0.989. The van der Waals surface area contributed by atoms with E-state index in [0.29, 0.717) is 0 Å². The van der Waals surface area contributed by atoms with Crippen LogP contribution in [-0.4, -0.2) is 32.0 Å². The van der Waals surface area contributed by atoms with Crippen LogP contribution >= 0.6 is 69.6 Å². The minimum Gasteiger partial charge on any atom is -0.352 e. The van der Waals surface area contributed by atoms with Gasteiger partial charge in [-0.3, -0.25) is 9.59 Å². The van der Waals surface area contributed by atoms with Crippen molar-refractivity contribution in [1.82, 2.24) is 10.6 Å². The molecule has 2 amide bonds. The molecule has 0 aromatic rings. The number of hydrogen-bond donors (Lipinski definition) is 2. The minimum atomic E-state index is -2.17. The molecule has 1 atom stereocenters. The van der Waals surface area contributed by atoms with E-state index in [9.17, 15) is 14.0 Å². The molecule has 0 aliphatic rings. The van der Waals surface area contributed by atoms with E-state index in [1.807, 2.05) is 0 Å². The molecule has 0 aliphatic heterocycles. The summed E-state index contributed by atoms with van der Waals surface area (Å²) >= 11 is 31.9. The molecule has 0 saturated carbocycles. The quantitative estimate of drug-likeness (QED) is 0.525.